The summed E-state index contributed by atoms with van der Waals surface area (Å²) in [4.78, 5) is 14.8. The third-order valence-electron chi connectivity index (χ3n) is 4.96. The van der Waals surface area contributed by atoms with Crippen molar-refractivity contribution in [3.05, 3.63) is 71.8 Å². The summed E-state index contributed by atoms with van der Waals surface area (Å²) in [6.45, 7) is 2.97. The molecule has 142 valence electrons. The summed E-state index contributed by atoms with van der Waals surface area (Å²) in [5.41, 5.74) is 2.24. The molecule has 2 aromatic rings. The SMILES string of the molecule is Cl.O=C1COC(c2ccccc2)=NN1C1CCN(Cc2ccccc2)CC1. The van der Waals surface area contributed by atoms with Crippen molar-refractivity contribution in [1.82, 2.24) is 9.91 Å². The quantitative estimate of drug-likeness (QED) is 0.811. The monoisotopic (exact) mass is 385 g/mol. The van der Waals surface area contributed by atoms with Crippen molar-refractivity contribution < 1.29 is 9.53 Å². The molecule has 1 amide bonds. The molecule has 4 rings (SSSR count). The number of likely N-dealkylation sites (tertiary alicyclic amines) is 1. The van der Waals surface area contributed by atoms with Crippen molar-refractivity contribution >= 4 is 24.2 Å². The number of hydrogen-bond acceptors (Lipinski definition) is 4. The highest BCUT2D eigenvalue weighted by atomic mass is 35.5. The molecule has 6 heteroatoms. The van der Waals surface area contributed by atoms with E-state index in [1.54, 1.807) is 5.01 Å². The van der Waals surface area contributed by atoms with Crippen LogP contribution in [0.1, 0.15) is 24.0 Å². The van der Waals surface area contributed by atoms with E-state index in [1.165, 1.54) is 5.56 Å². The molecule has 0 bridgehead atoms. The predicted molar refractivity (Wildman–Crippen MR) is 108 cm³/mol. The maximum Gasteiger partial charge on any atom is 0.280 e. The maximum absolute atomic E-state index is 12.3. The molecule has 1 saturated heterocycles. The standard InChI is InChI=1S/C21H23N3O2.ClH/c25-20-16-26-21(18-9-5-2-6-10-18)22-24(20)19-11-13-23(14-12-19)15-17-7-3-1-4-8-17;/h1-10,19H,11-16H2;1H. The second kappa shape index (κ2) is 9.02. The van der Waals surface area contributed by atoms with Gasteiger partial charge in [0.05, 0.1) is 6.04 Å². The van der Waals surface area contributed by atoms with Crippen molar-refractivity contribution in [1.29, 1.82) is 0 Å². The van der Waals surface area contributed by atoms with Gasteiger partial charge in [0, 0.05) is 25.2 Å². The van der Waals surface area contributed by atoms with Gasteiger partial charge in [0.25, 0.3) is 5.91 Å². The first-order valence-corrected chi connectivity index (χ1v) is 9.15. The lowest BCUT2D eigenvalue weighted by molar-refractivity contribution is -0.139. The second-order valence-electron chi connectivity index (χ2n) is 6.79. The predicted octanol–water partition coefficient (Wildman–Crippen LogP) is 3.29. The Kier molecular flexibility index (Phi) is 6.48. The highest BCUT2D eigenvalue weighted by Gasteiger charge is 2.31. The molecule has 0 spiro atoms. The lowest BCUT2D eigenvalue weighted by Gasteiger charge is -2.37. The number of amides is 1. The fourth-order valence-corrected chi connectivity index (χ4v) is 3.55. The smallest absolute Gasteiger partial charge is 0.280 e. The first-order valence-electron chi connectivity index (χ1n) is 9.15. The van der Waals surface area contributed by atoms with Gasteiger partial charge in [-0.2, -0.15) is 0 Å². The molecule has 27 heavy (non-hydrogen) atoms. The highest BCUT2D eigenvalue weighted by Crippen LogP contribution is 2.21. The molecule has 2 aliphatic rings. The van der Waals surface area contributed by atoms with Gasteiger partial charge in [0.1, 0.15) is 0 Å². The largest absolute Gasteiger partial charge is 0.466 e. The fourth-order valence-electron chi connectivity index (χ4n) is 3.55. The topological polar surface area (TPSA) is 45.1 Å². The Morgan fingerprint density at radius 3 is 2.26 bits per heavy atom. The van der Waals surface area contributed by atoms with Gasteiger partial charge in [-0.05, 0) is 30.5 Å². The maximum atomic E-state index is 12.3. The molecule has 1 fully saturated rings. The zero-order valence-corrected chi connectivity index (χ0v) is 16.0. The van der Waals surface area contributed by atoms with E-state index in [1.807, 2.05) is 36.4 Å². The molecule has 2 heterocycles. The number of hydrazone groups is 1. The average molecular weight is 386 g/mol. The first-order chi connectivity index (χ1) is 12.8. The molecule has 2 aliphatic heterocycles. The highest BCUT2D eigenvalue weighted by molar-refractivity contribution is 5.98. The van der Waals surface area contributed by atoms with Gasteiger partial charge in [-0.25, -0.2) is 5.01 Å². The molecule has 0 N–H and O–H groups in total. The molecule has 0 saturated carbocycles. The number of benzene rings is 2. The lowest BCUT2D eigenvalue weighted by atomic mass is 10.0. The van der Waals surface area contributed by atoms with E-state index in [-0.39, 0.29) is 31.0 Å². The van der Waals surface area contributed by atoms with Gasteiger partial charge >= 0.3 is 0 Å². The Morgan fingerprint density at radius 2 is 1.59 bits per heavy atom. The molecule has 0 radical (unpaired) electrons. The van der Waals surface area contributed by atoms with Gasteiger partial charge in [0.2, 0.25) is 5.90 Å². The van der Waals surface area contributed by atoms with Crippen LogP contribution in [0.3, 0.4) is 0 Å². The van der Waals surface area contributed by atoms with Crippen molar-refractivity contribution in [2.75, 3.05) is 19.7 Å². The van der Waals surface area contributed by atoms with E-state index in [0.717, 1.165) is 38.0 Å². The summed E-state index contributed by atoms with van der Waals surface area (Å²) in [6, 6.07) is 20.4. The summed E-state index contributed by atoms with van der Waals surface area (Å²) in [5, 5.41) is 6.18. The zero-order valence-electron chi connectivity index (χ0n) is 15.2. The van der Waals surface area contributed by atoms with E-state index < -0.39 is 0 Å². The van der Waals surface area contributed by atoms with Crippen LogP contribution in [-0.4, -0.2) is 47.5 Å². The molecule has 0 aromatic heterocycles. The Morgan fingerprint density at radius 1 is 0.963 bits per heavy atom. The minimum Gasteiger partial charge on any atom is -0.466 e. The molecule has 0 unspecified atom stereocenters. The summed E-state index contributed by atoms with van der Waals surface area (Å²) >= 11 is 0. The van der Waals surface area contributed by atoms with Crippen molar-refractivity contribution in [3.63, 3.8) is 0 Å². The van der Waals surface area contributed by atoms with Gasteiger partial charge < -0.3 is 4.74 Å². The molecule has 0 atom stereocenters. The third kappa shape index (κ3) is 4.67. The molecular weight excluding hydrogens is 362 g/mol. The van der Waals surface area contributed by atoms with E-state index in [9.17, 15) is 4.79 Å². The molecule has 2 aromatic carbocycles. The average Bonchev–Trinajstić information content (AvgIpc) is 2.71. The van der Waals surface area contributed by atoms with Gasteiger partial charge in [-0.1, -0.05) is 48.5 Å². The van der Waals surface area contributed by atoms with E-state index in [2.05, 4.69) is 34.3 Å². The van der Waals surface area contributed by atoms with E-state index in [4.69, 9.17) is 4.74 Å². The van der Waals surface area contributed by atoms with Crippen molar-refractivity contribution in [2.45, 2.75) is 25.4 Å². The Labute approximate surface area is 166 Å². The van der Waals surface area contributed by atoms with Crippen molar-refractivity contribution in [3.8, 4) is 0 Å². The van der Waals surface area contributed by atoms with Crippen LogP contribution in [0.2, 0.25) is 0 Å². The van der Waals surface area contributed by atoms with Crippen LogP contribution in [0.15, 0.2) is 65.8 Å². The van der Waals surface area contributed by atoms with Crippen LogP contribution in [0.4, 0.5) is 0 Å². The van der Waals surface area contributed by atoms with Gasteiger partial charge in [-0.3, -0.25) is 9.69 Å². The minimum atomic E-state index is -0.0498. The summed E-state index contributed by atoms with van der Waals surface area (Å²) in [7, 11) is 0. The Hall–Kier alpha value is -2.37. The van der Waals surface area contributed by atoms with Crippen LogP contribution < -0.4 is 0 Å². The second-order valence-corrected chi connectivity index (χ2v) is 6.79. The number of nitrogens with zero attached hydrogens (tertiary/aromatic N) is 3. The van der Waals surface area contributed by atoms with Crippen LogP contribution in [0.5, 0.6) is 0 Å². The van der Waals surface area contributed by atoms with E-state index in [0.29, 0.717) is 5.90 Å². The van der Waals surface area contributed by atoms with E-state index >= 15 is 0 Å². The number of rotatable bonds is 4. The molecular formula is C21H24ClN3O2. The normalized spacial score (nSPS) is 18.4. The number of halogens is 1. The molecule has 0 aliphatic carbocycles. The van der Waals surface area contributed by atoms with Crippen LogP contribution in [-0.2, 0) is 16.1 Å². The van der Waals surface area contributed by atoms with Crippen LogP contribution in [0, 0.1) is 0 Å². The number of ether oxygens (including phenoxy) is 1. The van der Waals surface area contributed by atoms with Crippen LogP contribution >= 0.6 is 12.4 Å². The van der Waals surface area contributed by atoms with Crippen LogP contribution in [0.25, 0.3) is 0 Å². The van der Waals surface area contributed by atoms with Crippen molar-refractivity contribution in [2.24, 2.45) is 5.10 Å². The Bertz CT molecular complexity index is 775. The number of piperidine rings is 1. The van der Waals surface area contributed by atoms with Gasteiger partial charge in [0.15, 0.2) is 6.61 Å². The number of carbonyl (C=O) groups excluding carboxylic acids is 1. The summed E-state index contributed by atoms with van der Waals surface area (Å²) in [5.74, 6) is 0.489. The third-order valence-corrected chi connectivity index (χ3v) is 4.96. The molecule has 5 nitrogen and oxygen atoms in total. The number of hydrogen-bond donors (Lipinski definition) is 0. The summed E-state index contributed by atoms with van der Waals surface area (Å²) < 4.78 is 5.55. The minimum absolute atomic E-state index is 0. The Balaban J connectivity index is 0.00000210. The van der Waals surface area contributed by atoms with Gasteiger partial charge in [-0.15, -0.1) is 17.5 Å². The first kappa shape index (κ1) is 19.4. The summed E-state index contributed by atoms with van der Waals surface area (Å²) in [6.07, 6.45) is 1.87. The zero-order chi connectivity index (χ0) is 17.8. The lowest BCUT2D eigenvalue weighted by Crippen LogP contribution is -2.48. The number of carbonyl (C=O) groups is 1. The fraction of sp³-hybridized carbons (Fsp3) is 0.333.